The van der Waals surface area contributed by atoms with Crippen LogP contribution in [-0.2, 0) is 24.3 Å². The number of amides is 1. The van der Waals surface area contributed by atoms with Crippen molar-refractivity contribution < 1.29 is 19.3 Å². The summed E-state index contributed by atoms with van der Waals surface area (Å²) in [5.41, 5.74) is 3.35. The molecule has 0 fully saturated rings. The Morgan fingerprint density at radius 3 is 2.85 bits per heavy atom. The number of rotatable bonds is 4. The summed E-state index contributed by atoms with van der Waals surface area (Å²) in [4.78, 5) is 25.4. The van der Waals surface area contributed by atoms with Gasteiger partial charge in [0.05, 0.1) is 24.4 Å². The Bertz CT molecular complexity index is 977. The van der Waals surface area contributed by atoms with Gasteiger partial charge in [0.15, 0.2) is 0 Å². The predicted molar refractivity (Wildman–Crippen MR) is 89.3 cm³/mol. The zero-order valence-electron chi connectivity index (χ0n) is 14.0. The number of carbonyl (C=O) groups excluding carboxylic acids is 1. The fourth-order valence-corrected chi connectivity index (χ4v) is 3.15. The Kier molecular flexibility index (Phi) is 4.11. The van der Waals surface area contributed by atoms with Gasteiger partial charge in [-0.2, -0.15) is 5.10 Å². The average Bonchev–Trinajstić information content (AvgIpc) is 3.20. The Hall–Kier alpha value is -3.23. The molecule has 0 saturated carbocycles. The molecule has 9 nitrogen and oxygen atoms in total. The lowest BCUT2D eigenvalue weighted by Gasteiger charge is -2.20. The molecule has 4 rings (SSSR count). The highest BCUT2D eigenvalue weighted by Crippen LogP contribution is 2.19. The van der Waals surface area contributed by atoms with Gasteiger partial charge in [-0.25, -0.2) is 4.63 Å². The molecule has 26 heavy (non-hydrogen) atoms. The second kappa shape index (κ2) is 6.58. The van der Waals surface area contributed by atoms with Crippen molar-refractivity contribution in [1.82, 2.24) is 25.0 Å². The maximum absolute atomic E-state index is 12.9. The number of aryl methyl sites for hydroxylation is 2. The van der Waals surface area contributed by atoms with Gasteiger partial charge in [0.1, 0.15) is 11.0 Å². The first-order valence-electron chi connectivity index (χ1n) is 8.39. The number of hydrogen-bond acceptors (Lipinski definition) is 6. The summed E-state index contributed by atoms with van der Waals surface area (Å²) in [6.45, 7) is 1.77. The molecule has 3 heterocycles. The Morgan fingerprint density at radius 1 is 1.15 bits per heavy atom. The highest BCUT2D eigenvalue weighted by molar-refractivity contribution is 5.97. The van der Waals surface area contributed by atoms with E-state index in [9.17, 15) is 9.59 Å². The quantitative estimate of drug-likeness (QED) is 0.754. The Labute approximate surface area is 148 Å². The first-order valence-corrected chi connectivity index (χ1v) is 8.39. The minimum absolute atomic E-state index is 0.0465. The van der Waals surface area contributed by atoms with Gasteiger partial charge in [-0.3, -0.25) is 14.3 Å². The zero-order valence-corrected chi connectivity index (χ0v) is 14.0. The van der Waals surface area contributed by atoms with E-state index in [2.05, 4.69) is 20.0 Å². The molecule has 1 aliphatic heterocycles. The van der Waals surface area contributed by atoms with Crippen molar-refractivity contribution in [2.24, 2.45) is 0 Å². The van der Waals surface area contributed by atoms with Crippen LogP contribution in [0.1, 0.15) is 34.6 Å². The van der Waals surface area contributed by atoms with Gasteiger partial charge < -0.3 is 10.0 Å². The van der Waals surface area contributed by atoms with Crippen LogP contribution in [0.15, 0.2) is 28.9 Å². The third-order valence-electron chi connectivity index (χ3n) is 4.45. The van der Waals surface area contributed by atoms with Gasteiger partial charge in [-0.05, 0) is 41.0 Å². The normalized spacial score (nSPS) is 14.2. The summed E-state index contributed by atoms with van der Waals surface area (Å²) in [6, 6.07) is 6.99. The summed E-state index contributed by atoms with van der Waals surface area (Å²) < 4.78 is 6.55. The number of carboxylic acids is 1. The number of benzene rings is 1. The summed E-state index contributed by atoms with van der Waals surface area (Å²) in [6.07, 6.45) is 1.22. The number of aromatic nitrogens is 4. The van der Waals surface area contributed by atoms with E-state index < -0.39 is 5.97 Å². The largest absolute Gasteiger partial charge is 0.481 e. The number of hydrogen-bond donors (Lipinski definition) is 1. The SMILES string of the molecule is O=C(O)CCc1cc2n(n1)CCCN(C(=O)c1ccc3nonc3c1)C2. The van der Waals surface area contributed by atoms with Crippen molar-refractivity contribution in [3.05, 3.63) is 41.2 Å². The molecule has 0 spiro atoms. The highest BCUT2D eigenvalue weighted by atomic mass is 16.6. The molecule has 3 aromatic rings. The molecule has 0 unspecified atom stereocenters. The lowest BCUT2D eigenvalue weighted by Crippen LogP contribution is -2.30. The van der Waals surface area contributed by atoms with Gasteiger partial charge in [-0.15, -0.1) is 0 Å². The minimum Gasteiger partial charge on any atom is -0.481 e. The smallest absolute Gasteiger partial charge is 0.303 e. The monoisotopic (exact) mass is 355 g/mol. The molecule has 134 valence electrons. The van der Waals surface area contributed by atoms with Crippen LogP contribution < -0.4 is 0 Å². The van der Waals surface area contributed by atoms with Crippen LogP contribution in [0.4, 0.5) is 0 Å². The Balaban J connectivity index is 1.54. The van der Waals surface area contributed by atoms with Crippen LogP contribution in [0, 0.1) is 0 Å². The Morgan fingerprint density at radius 2 is 2.00 bits per heavy atom. The molecule has 2 aromatic heterocycles. The van der Waals surface area contributed by atoms with Crippen LogP contribution in [0.3, 0.4) is 0 Å². The van der Waals surface area contributed by atoms with Crippen molar-refractivity contribution in [3.63, 3.8) is 0 Å². The number of carbonyl (C=O) groups is 2. The summed E-state index contributed by atoms with van der Waals surface area (Å²) in [5, 5.41) is 20.8. The molecule has 1 aromatic carbocycles. The highest BCUT2D eigenvalue weighted by Gasteiger charge is 2.22. The van der Waals surface area contributed by atoms with E-state index in [-0.39, 0.29) is 12.3 Å². The summed E-state index contributed by atoms with van der Waals surface area (Å²) in [7, 11) is 0. The van der Waals surface area contributed by atoms with Gasteiger partial charge in [0, 0.05) is 25.1 Å². The van der Waals surface area contributed by atoms with Crippen molar-refractivity contribution in [3.8, 4) is 0 Å². The van der Waals surface area contributed by atoms with E-state index in [1.165, 1.54) is 0 Å². The topological polar surface area (TPSA) is 114 Å². The molecule has 0 atom stereocenters. The molecule has 0 radical (unpaired) electrons. The lowest BCUT2D eigenvalue weighted by atomic mass is 10.1. The molecule has 1 N–H and O–H groups in total. The average molecular weight is 355 g/mol. The van der Waals surface area contributed by atoms with Gasteiger partial charge >= 0.3 is 5.97 Å². The first kappa shape index (κ1) is 16.2. The molecule has 1 aliphatic rings. The third kappa shape index (κ3) is 3.15. The number of nitrogens with zero attached hydrogens (tertiary/aromatic N) is 5. The third-order valence-corrected chi connectivity index (χ3v) is 4.45. The van der Waals surface area contributed by atoms with E-state index in [4.69, 9.17) is 5.11 Å². The van der Waals surface area contributed by atoms with Gasteiger partial charge in [0.2, 0.25) is 0 Å². The van der Waals surface area contributed by atoms with Crippen molar-refractivity contribution in [2.45, 2.75) is 32.4 Å². The van der Waals surface area contributed by atoms with Crippen LogP contribution in [0.2, 0.25) is 0 Å². The first-order chi connectivity index (χ1) is 12.6. The number of carboxylic acid groups (broad SMARTS) is 1. The van der Waals surface area contributed by atoms with E-state index >= 15 is 0 Å². The van der Waals surface area contributed by atoms with E-state index in [1.807, 2.05) is 10.7 Å². The minimum atomic E-state index is -0.845. The maximum atomic E-state index is 12.9. The standard InChI is InChI=1S/C17H17N5O4/c23-16(24)5-3-12-9-13-10-21(6-1-7-22(13)18-12)17(25)11-2-4-14-15(8-11)20-26-19-14/h2,4,8-9H,1,3,5-7,10H2,(H,23,24). The van der Waals surface area contributed by atoms with E-state index in [0.717, 1.165) is 17.8 Å². The van der Waals surface area contributed by atoms with Crippen LogP contribution in [-0.4, -0.2) is 48.5 Å². The molecule has 0 aliphatic carbocycles. The van der Waals surface area contributed by atoms with Crippen LogP contribution >= 0.6 is 0 Å². The molecular formula is C17H17N5O4. The zero-order chi connectivity index (χ0) is 18.1. The van der Waals surface area contributed by atoms with Crippen LogP contribution in [0.25, 0.3) is 11.0 Å². The summed E-state index contributed by atoms with van der Waals surface area (Å²) >= 11 is 0. The fourth-order valence-electron chi connectivity index (χ4n) is 3.15. The lowest BCUT2D eigenvalue weighted by molar-refractivity contribution is -0.136. The molecule has 0 saturated heterocycles. The summed E-state index contributed by atoms with van der Waals surface area (Å²) in [5.74, 6) is -0.931. The van der Waals surface area contributed by atoms with Gasteiger partial charge in [-0.1, -0.05) is 0 Å². The van der Waals surface area contributed by atoms with Crippen LogP contribution in [0.5, 0.6) is 0 Å². The predicted octanol–water partition coefficient (Wildman–Crippen LogP) is 1.48. The second-order valence-corrected chi connectivity index (χ2v) is 6.29. The molecule has 0 bridgehead atoms. The van der Waals surface area contributed by atoms with Crippen molar-refractivity contribution in [2.75, 3.05) is 6.54 Å². The molecular weight excluding hydrogens is 338 g/mol. The van der Waals surface area contributed by atoms with Crippen molar-refractivity contribution >= 4 is 22.9 Å². The van der Waals surface area contributed by atoms with E-state index in [0.29, 0.717) is 42.7 Å². The molecule has 9 heteroatoms. The van der Waals surface area contributed by atoms with E-state index in [1.54, 1.807) is 23.1 Å². The molecule has 1 amide bonds. The van der Waals surface area contributed by atoms with Gasteiger partial charge in [0.25, 0.3) is 5.91 Å². The second-order valence-electron chi connectivity index (χ2n) is 6.29. The maximum Gasteiger partial charge on any atom is 0.303 e. The number of fused-ring (bicyclic) bond motifs is 2. The van der Waals surface area contributed by atoms with Crippen molar-refractivity contribution in [1.29, 1.82) is 0 Å². The number of aliphatic carboxylic acids is 1. The fraction of sp³-hybridized carbons (Fsp3) is 0.353.